The van der Waals surface area contributed by atoms with Crippen LogP contribution in [0.25, 0.3) is 0 Å². The molecule has 3 heteroatoms. The molecule has 0 rings (SSSR count). The molecule has 0 aromatic carbocycles. The maximum absolute atomic E-state index is 11.3. The van der Waals surface area contributed by atoms with Gasteiger partial charge in [-0.05, 0) is 31.6 Å². The van der Waals surface area contributed by atoms with Crippen LogP contribution < -0.4 is 0 Å². The highest BCUT2D eigenvalue weighted by Gasteiger charge is 2.06. The van der Waals surface area contributed by atoms with Crippen molar-refractivity contribution in [3.05, 3.63) is 49.0 Å². The second-order valence-electron chi connectivity index (χ2n) is 3.07. The van der Waals surface area contributed by atoms with E-state index in [1.165, 1.54) is 18.2 Å². The van der Waals surface area contributed by atoms with Crippen LogP contribution in [0.3, 0.4) is 0 Å². The fraction of sp³-hybridized carbons (Fsp3) is 0.471. The van der Waals surface area contributed by atoms with Crippen LogP contribution in [0.15, 0.2) is 49.0 Å². The van der Waals surface area contributed by atoms with Gasteiger partial charge in [-0.3, -0.25) is 0 Å². The number of carbonyl (C=O) groups is 1. The lowest BCUT2D eigenvalue weighted by atomic mass is 10.3. The Labute approximate surface area is 124 Å². The quantitative estimate of drug-likeness (QED) is 0.333. The minimum absolute atomic E-state index is 0.309. The zero-order chi connectivity index (χ0) is 16.4. The number of rotatable bonds is 6. The number of unbranched alkanes of at least 4 members (excludes halogenated alkanes) is 1. The van der Waals surface area contributed by atoms with Crippen LogP contribution in [0, 0.1) is 0 Å². The van der Waals surface area contributed by atoms with Crippen LogP contribution >= 0.6 is 0 Å². The van der Waals surface area contributed by atoms with E-state index >= 15 is 0 Å². The zero-order valence-corrected chi connectivity index (χ0v) is 13.9. The molecule has 0 atom stereocenters. The van der Waals surface area contributed by atoms with Gasteiger partial charge in [0.05, 0.1) is 0 Å². The highest BCUT2D eigenvalue weighted by Crippen LogP contribution is 2.06. The Morgan fingerprint density at radius 3 is 2.05 bits per heavy atom. The maximum atomic E-state index is 11.3. The van der Waals surface area contributed by atoms with Crippen LogP contribution in [0.1, 0.15) is 54.4 Å². The Hall–Kier alpha value is -1.77. The topological polar surface area (TPSA) is 35.5 Å². The van der Waals surface area contributed by atoms with E-state index in [9.17, 15) is 4.79 Å². The van der Waals surface area contributed by atoms with Crippen molar-refractivity contribution in [2.75, 3.05) is 0 Å². The third-order valence-electron chi connectivity index (χ3n) is 1.65. The van der Waals surface area contributed by atoms with Crippen molar-refractivity contribution in [1.82, 2.24) is 0 Å². The van der Waals surface area contributed by atoms with Crippen LogP contribution in [0.4, 0.5) is 4.79 Å². The Bertz CT molecular complexity index is 312. The van der Waals surface area contributed by atoms with Crippen molar-refractivity contribution in [3.63, 3.8) is 0 Å². The van der Waals surface area contributed by atoms with Crippen molar-refractivity contribution < 1.29 is 14.3 Å². The summed E-state index contributed by atoms with van der Waals surface area (Å²) in [7, 11) is 0. The van der Waals surface area contributed by atoms with E-state index in [0.29, 0.717) is 11.5 Å². The van der Waals surface area contributed by atoms with Gasteiger partial charge in [-0.1, -0.05) is 60.3 Å². The molecular weight excluding hydrogens is 252 g/mol. The van der Waals surface area contributed by atoms with Crippen LogP contribution in [0.5, 0.6) is 0 Å². The van der Waals surface area contributed by atoms with Gasteiger partial charge in [0.25, 0.3) is 0 Å². The highest BCUT2D eigenvalue weighted by molar-refractivity contribution is 5.63. The fourth-order valence-corrected chi connectivity index (χ4v) is 0.898. The molecule has 0 saturated heterocycles. The van der Waals surface area contributed by atoms with Crippen molar-refractivity contribution in [3.8, 4) is 0 Å². The molecule has 0 N–H and O–H groups in total. The summed E-state index contributed by atoms with van der Waals surface area (Å²) in [6, 6.07) is 0. The molecule has 116 valence electrons. The van der Waals surface area contributed by atoms with E-state index < -0.39 is 6.16 Å². The second kappa shape index (κ2) is 19.6. The number of carbonyl (C=O) groups excluding carboxylic acids is 1. The molecule has 0 aromatic rings. The maximum Gasteiger partial charge on any atom is 0.519 e. The molecule has 0 aliphatic rings. The first kappa shape index (κ1) is 23.3. The van der Waals surface area contributed by atoms with Gasteiger partial charge in [0, 0.05) is 0 Å². The van der Waals surface area contributed by atoms with Gasteiger partial charge in [0.2, 0.25) is 0 Å². The molecule has 0 amide bonds. The van der Waals surface area contributed by atoms with Crippen molar-refractivity contribution >= 4 is 6.16 Å². The molecule has 0 radical (unpaired) electrons. The second-order valence-corrected chi connectivity index (χ2v) is 3.07. The summed E-state index contributed by atoms with van der Waals surface area (Å²) in [5, 5.41) is 0. The summed E-state index contributed by atoms with van der Waals surface area (Å²) >= 11 is 0. The minimum Gasteiger partial charge on any atom is -0.400 e. The largest absolute Gasteiger partial charge is 0.519 e. The molecule has 0 spiro atoms. The summed E-state index contributed by atoms with van der Waals surface area (Å²) in [4.78, 5) is 11.3. The van der Waals surface area contributed by atoms with Crippen LogP contribution in [-0.4, -0.2) is 6.16 Å². The van der Waals surface area contributed by atoms with Gasteiger partial charge in [-0.2, -0.15) is 0 Å². The van der Waals surface area contributed by atoms with E-state index in [-0.39, 0.29) is 0 Å². The minimum atomic E-state index is -0.766. The lowest BCUT2D eigenvalue weighted by molar-refractivity contribution is 0.105. The van der Waals surface area contributed by atoms with Crippen LogP contribution in [-0.2, 0) is 9.47 Å². The Balaban J connectivity index is -0.000000656. The molecule has 0 heterocycles. The van der Waals surface area contributed by atoms with Crippen molar-refractivity contribution in [1.29, 1.82) is 0 Å². The van der Waals surface area contributed by atoms with E-state index in [2.05, 4.69) is 13.2 Å². The fourth-order valence-electron chi connectivity index (χ4n) is 0.898. The van der Waals surface area contributed by atoms with E-state index in [1.54, 1.807) is 6.92 Å². The molecule has 0 aliphatic heterocycles. The molecule has 0 bridgehead atoms. The number of hydrogen-bond acceptors (Lipinski definition) is 3. The van der Waals surface area contributed by atoms with Gasteiger partial charge < -0.3 is 9.47 Å². The third kappa shape index (κ3) is 16.2. The number of ether oxygens (including phenoxy) is 2. The van der Waals surface area contributed by atoms with Gasteiger partial charge >= 0.3 is 6.16 Å². The predicted octanol–water partition coefficient (Wildman–Crippen LogP) is 6.15. The van der Waals surface area contributed by atoms with E-state index in [4.69, 9.17) is 9.47 Å². The lowest BCUT2D eigenvalue weighted by Crippen LogP contribution is -2.05. The standard InChI is InChI=1S/C13H18O3.2C2H6/c1-5-8-10-11(4)15-13(14)16-12(7-3)9-6-2;2*1-2/h6-7,9-10H,2-3,5,8H2,1,4H3;2*1-2H3/b11-10+,12-9+;;. The van der Waals surface area contributed by atoms with E-state index in [0.717, 1.165) is 12.8 Å². The molecule has 0 unspecified atom stereocenters. The Morgan fingerprint density at radius 1 is 1.10 bits per heavy atom. The third-order valence-corrected chi connectivity index (χ3v) is 1.65. The van der Waals surface area contributed by atoms with Crippen molar-refractivity contribution in [2.24, 2.45) is 0 Å². The van der Waals surface area contributed by atoms with Gasteiger partial charge in [0.1, 0.15) is 11.5 Å². The monoisotopic (exact) mass is 282 g/mol. The summed E-state index contributed by atoms with van der Waals surface area (Å²) in [6.07, 6.45) is 7.39. The predicted molar refractivity (Wildman–Crippen MR) is 87.4 cm³/mol. The van der Waals surface area contributed by atoms with Gasteiger partial charge in [0.15, 0.2) is 0 Å². The van der Waals surface area contributed by atoms with Crippen molar-refractivity contribution in [2.45, 2.75) is 54.4 Å². The molecule has 3 nitrogen and oxygen atoms in total. The molecule has 20 heavy (non-hydrogen) atoms. The number of hydrogen-bond donors (Lipinski definition) is 0. The normalized spacial score (nSPS) is 10.1. The summed E-state index contributed by atoms with van der Waals surface area (Å²) in [6.45, 7) is 18.7. The van der Waals surface area contributed by atoms with Gasteiger partial charge in [-0.15, -0.1) is 0 Å². The van der Waals surface area contributed by atoms with E-state index in [1.807, 2.05) is 40.7 Å². The molecule has 0 aliphatic carbocycles. The van der Waals surface area contributed by atoms with Gasteiger partial charge in [-0.25, -0.2) is 4.79 Å². The first-order valence-electron chi connectivity index (χ1n) is 7.15. The number of allylic oxidation sites excluding steroid dienone is 5. The first-order valence-corrected chi connectivity index (χ1v) is 7.15. The van der Waals surface area contributed by atoms with Crippen LogP contribution in [0.2, 0.25) is 0 Å². The molecular formula is C17H30O3. The first-order chi connectivity index (χ1) is 9.63. The molecule has 0 aromatic heterocycles. The summed E-state index contributed by atoms with van der Waals surface area (Å²) < 4.78 is 9.77. The molecule has 0 fully saturated rings. The Morgan fingerprint density at radius 2 is 1.65 bits per heavy atom. The highest BCUT2D eigenvalue weighted by atomic mass is 16.7. The SMILES string of the molecule is C=C/C=C(\C=C)OC(=O)O/C(C)=C/CCC.CC.CC. The average molecular weight is 282 g/mol. The molecule has 0 saturated carbocycles. The Kier molecular flexibility index (Phi) is 22.8. The smallest absolute Gasteiger partial charge is 0.400 e. The summed E-state index contributed by atoms with van der Waals surface area (Å²) in [5.74, 6) is 0.845. The average Bonchev–Trinajstić information content (AvgIpc) is 2.48. The zero-order valence-electron chi connectivity index (χ0n) is 13.9. The summed E-state index contributed by atoms with van der Waals surface area (Å²) in [5.41, 5.74) is 0. The lowest BCUT2D eigenvalue weighted by Gasteiger charge is -2.05.